The predicted molar refractivity (Wildman–Crippen MR) is 61.4 cm³/mol. The highest BCUT2D eigenvalue weighted by Crippen LogP contribution is 2.20. The summed E-state index contributed by atoms with van der Waals surface area (Å²) in [6.45, 7) is 1.17. The Balaban J connectivity index is 2.00. The van der Waals surface area contributed by atoms with Crippen molar-refractivity contribution in [3.63, 3.8) is 0 Å². The van der Waals surface area contributed by atoms with E-state index in [2.05, 4.69) is 10.2 Å². The first-order valence-electron chi connectivity index (χ1n) is 5.11. The number of methoxy groups -OCH3 is 1. The van der Waals surface area contributed by atoms with Crippen LogP contribution < -0.4 is 4.74 Å². The number of aromatic amines is 1. The van der Waals surface area contributed by atoms with Crippen LogP contribution in [0.15, 0.2) is 36.7 Å². The molecule has 1 aromatic carbocycles. The standard InChI is InChI=1S/C12H14N2O2/c1-15-6-7-16-12-4-2-10(3-5-12)11-8-13-14-9-11/h2-5,8-9H,6-7H2,1H3,(H,13,14). The van der Waals surface area contributed by atoms with Gasteiger partial charge in [-0.3, -0.25) is 5.10 Å². The summed E-state index contributed by atoms with van der Waals surface area (Å²) < 4.78 is 10.4. The maximum absolute atomic E-state index is 5.47. The lowest BCUT2D eigenvalue weighted by Gasteiger charge is -2.05. The summed E-state index contributed by atoms with van der Waals surface area (Å²) in [5.74, 6) is 0.851. The largest absolute Gasteiger partial charge is 0.491 e. The number of hydrogen-bond donors (Lipinski definition) is 1. The van der Waals surface area contributed by atoms with Gasteiger partial charge in [-0.25, -0.2) is 0 Å². The molecule has 0 aliphatic heterocycles. The second-order valence-corrected chi connectivity index (χ2v) is 3.35. The molecule has 1 heterocycles. The van der Waals surface area contributed by atoms with Gasteiger partial charge in [0.1, 0.15) is 12.4 Å². The summed E-state index contributed by atoms with van der Waals surface area (Å²) in [6, 6.07) is 7.90. The second kappa shape index (κ2) is 5.32. The van der Waals surface area contributed by atoms with Crippen molar-refractivity contribution >= 4 is 0 Å². The zero-order chi connectivity index (χ0) is 11.2. The fourth-order valence-electron chi connectivity index (χ4n) is 1.40. The molecule has 0 atom stereocenters. The van der Waals surface area contributed by atoms with Gasteiger partial charge in [0.2, 0.25) is 0 Å². The molecule has 0 amide bonds. The highest BCUT2D eigenvalue weighted by Gasteiger charge is 1.99. The van der Waals surface area contributed by atoms with Crippen molar-refractivity contribution in [2.45, 2.75) is 0 Å². The van der Waals surface area contributed by atoms with Gasteiger partial charge in [0.25, 0.3) is 0 Å². The van der Waals surface area contributed by atoms with Crippen molar-refractivity contribution in [3.8, 4) is 16.9 Å². The van der Waals surface area contributed by atoms with Crippen LogP contribution in [0.5, 0.6) is 5.75 Å². The average molecular weight is 218 g/mol. The van der Waals surface area contributed by atoms with E-state index in [0.29, 0.717) is 13.2 Å². The van der Waals surface area contributed by atoms with E-state index < -0.39 is 0 Å². The fourth-order valence-corrected chi connectivity index (χ4v) is 1.40. The highest BCUT2D eigenvalue weighted by atomic mass is 16.5. The van der Waals surface area contributed by atoms with E-state index in [1.54, 1.807) is 13.3 Å². The van der Waals surface area contributed by atoms with Crippen LogP contribution in [0.4, 0.5) is 0 Å². The summed E-state index contributed by atoms with van der Waals surface area (Å²) in [7, 11) is 1.66. The Bertz CT molecular complexity index is 409. The Morgan fingerprint density at radius 3 is 2.56 bits per heavy atom. The molecular weight excluding hydrogens is 204 g/mol. The Hall–Kier alpha value is -1.81. The summed E-state index contributed by atoms with van der Waals surface area (Å²) in [5.41, 5.74) is 2.19. The van der Waals surface area contributed by atoms with E-state index >= 15 is 0 Å². The van der Waals surface area contributed by atoms with E-state index in [0.717, 1.165) is 16.9 Å². The van der Waals surface area contributed by atoms with Crippen LogP contribution in [0.25, 0.3) is 11.1 Å². The van der Waals surface area contributed by atoms with Gasteiger partial charge < -0.3 is 9.47 Å². The highest BCUT2D eigenvalue weighted by molar-refractivity contribution is 5.62. The van der Waals surface area contributed by atoms with Gasteiger partial charge in [-0.15, -0.1) is 0 Å². The third-order valence-corrected chi connectivity index (χ3v) is 2.24. The molecule has 4 nitrogen and oxygen atoms in total. The van der Waals surface area contributed by atoms with Gasteiger partial charge in [-0.2, -0.15) is 5.10 Å². The topological polar surface area (TPSA) is 47.1 Å². The van der Waals surface area contributed by atoms with E-state index in [9.17, 15) is 0 Å². The molecule has 16 heavy (non-hydrogen) atoms. The molecule has 0 saturated carbocycles. The van der Waals surface area contributed by atoms with Crippen LogP contribution in [-0.2, 0) is 4.74 Å². The Kier molecular flexibility index (Phi) is 3.56. The number of hydrogen-bond acceptors (Lipinski definition) is 3. The number of benzene rings is 1. The van der Waals surface area contributed by atoms with Crippen LogP contribution in [0, 0.1) is 0 Å². The van der Waals surface area contributed by atoms with E-state index in [4.69, 9.17) is 9.47 Å². The molecule has 0 aliphatic rings. The van der Waals surface area contributed by atoms with Gasteiger partial charge in [-0.1, -0.05) is 12.1 Å². The zero-order valence-electron chi connectivity index (χ0n) is 9.14. The molecule has 0 saturated heterocycles. The van der Waals surface area contributed by atoms with Gasteiger partial charge in [0.05, 0.1) is 12.8 Å². The molecule has 0 unspecified atom stereocenters. The van der Waals surface area contributed by atoms with Crippen LogP contribution in [0.3, 0.4) is 0 Å². The first-order chi connectivity index (χ1) is 7.90. The molecule has 0 aliphatic carbocycles. The van der Waals surface area contributed by atoms with Crippen molar-refractivity contribution < 1.29 is 9.47 Å². The van der Waals surface area contributed by atoms with Crippen molar-refractivity contribution in [2.75, 3.05) is 20.3 Å². The Labute approximate surface area is 94.2 Å². The maximum atomic E-state index is 5.47. The van der Waals surface area contributed by atoms with Crippen molar-refractivity contribution in [3.05, 3.63) is 36.7 Å². The summed E-state index contributed by atoms with van der Waals surface area (Å²) in [6.07, 6.45) is 3.65. The molecule has 1 N–H and O–H groups in total. The number of nitrogens with one attached hydrogen (secondary N) is 1. The molecule has 0 radical (unpaired) electrons. The van der Waals surface area contributed by atoms with Gasteiger partial charge in [0, 0.05) is 18.9 Å². The Morgan fingerprint density at radius 2 is 1.94 bits per heavy atom. The summed E-state index contributed by atoms with van der Waals surface area (Å²) >= 11 is 0. The van der Waals surface area contributed by atoms with Crippen LogP contribution in [0.2, 0.25) is 0 Å². The lowest BCUT2D eigenvalue weighted by Crippen LogP contribution is -2.03. The minimum atomic E-state index is 0.571. The molecule has 0 fully saturated rings. The third-order valence-electron chi connectivity index (χ3n) is 2.24. The minimum absolute atomic E-state index is 0.571. The van der Waals surface area contributed by atoms with Crippen LogP contribution in [-0.4, -0.2) is 30.5 Å². The molecule has 2 aromatic rings. The van der Waals surface area contributed by atoms with E-state index in [1.807, 2.05) is 30.5 Å². The second-order valence-electron chi connectivity index (χ2n) is 3.35. The smallest absolute Gasteiger partial charge is 0.119 e. The fraction of sp³-hybridized carbons (Fsp3) is 0.250. The molecular formula is C12H14N2O2. The summed E-state index contributed by atoms with van der Waals surface area (Å²) in [4.78, 5) is 0. The molecule has 2 rings (SSSR count). The number of nitrogens with zero attached hydrogens (tertiary/aromatic N) is 1. The SMILES string of the molecule is COCCOc1ccc(-c2cn[nH]c2)cc1. The van der Waals surface area contributed by atoms with Gasteiger partial charge >= 0.3 is 0 Å². The number of rotatable bonds is 5. The maximum Gasteiger partial charge on any atom is 0.119 e. The molecule has 0 bridgehead atoms. The lowest BCUT2D eigenvalue weighted by atomic mass is 10.1. The minimum Gasteiger partial charge on any atom is -0.491 e. The van der Waals surface area contributed by atoms with Crippen molar-refractivity contribution in [1.29, 1.82) is 0 Å². The molecule has 4 heteroatoms. The number of aromatic nitrogens is 2. The third kappa shape index (κ3) is 2.61. The van der Waals surface area contributed by atoms with Crippen molar-refractivity contribution in [1.82, 2.24) is 10.2 Å². The molecule has 1 aromatic heterocycles. The van der Waals surface area contributed by atoms with Crippen molar-refractivity contribution in [2.24, 2.45) is 0 Å². The quantitative estimate of drug-likeness (QED) is 0.782. The van der Waals surface area contributed by atoms with Gasteiger partial charge in [0.15, 0.2) is 0 Å². The number of H-pyrrole nitrogens is 1. The Morgan fingerprint density at radius 1 is 1.12 bits per heavy atom. The van der Waals surface area contributed by atoms with Crippen LogP contribution in [0.1, 0.15) is 0 Å². The average Bonchev–Trinajstić information content (AvgIpc) is 2.84. The van der Waals surface area contributed by atoms with E-state index in [1.165, 1.54) is 0 Å². The zero-order valence-corrected chi connectivity index (χ0v) is 9.14. The molecule has 84 valence electrons. The summed E-state index contributed by atoms with van der Waals surface area (Å²) in [5, 5.41) is 6.70. The van der Waals surface area contributed by atoms with Gasteiger partial charge in [-0.05, 0) is 17.7 Å². The first kappa shape index (κ1) is 10.7. The predicted octanol–water partition coefficient (Wildman–Crippen LogP) is 2.10. The molecule has 0 spiro atoms. The normalized spacial score (nSPS) is 10.3. The first-order valence-corrected chi connectivity index (χ1v) is 5.11. The lowest BCUT2D eigenvalue weighted by molar-refractivity contribution is 0.146. The van der Waals surface area contributed by atoms with E-state index in [-0.39, 0.29) is 0 Å². The van der Waals surface area contributed by atoms with Crippen LogP contribution >= 0.6 is 0 Å². The number of ether oxygens (including phenoxy) is 2. The monoisotopic (exact) mass is 218 g/mol.